The molecular weight excluding hydrogens is 290 g/mol. The molecule has 0 saturated carbocycles. The number of hydrogen-bond acceptors (Lipinski definition) is 4. The minimum atomic E-state index is -1.11. The van der Waals surface area contributed by atoms with Gasteiger partial charge in [0.2, 0.25) is 0 Å². The smallest absolute Gasteiger partial charge is 0.253 e. The summed E-state index contributed by atoms with van der Waals surface area (Å²) in [4.78, 5) is 18.7. The second-order valence-electron chi connectivity index (χ2n) is 5.77. The van der Waals surface area contributed by atoms with E-state index in [-0.39, 0.29) is 11.9 Å². The summed E-state index contributed by atoms with van der Waals surface area (Å²) >= 11 is 0. The van der Waals surface area contributed by atoms with E-state index in [0.717, 1.165) is 31.7 Å². The molecule has 1 atom stereocenters. The highest BCUT2D eigenvalue weighted by atomic mass is 16.3. The predicted octanol–water partition coefficient (Wildman–Crippen LogP) is 1.90. The van der Waals surface area contributed by atoms with E-state index in [2.05, 4.69) is 15.2 Å². The van der Waals surface area contributed by atoms with Crippen molar-refractivity contribution in [3.8, 4) is 0 Å². The van der Waals surface area contributed by atoms with Crippen molar-refractivity contribution < 1.29 is 9.90 Å². The molecule has 1 saturated heterocycles. The van der Waals surface area contributed by atoms with Gasteiger partial charge in [0.1, 0.15) is 5.82 Å². The number of benzene rings is 1. The van der Waals surface area contributed by atoms with Gasteiger partial charge in [0.25, 0.3) is 5.91 Å². The largest absolute Gasteiger partial charge is 0.378 e. The topological polar surface area (TPSA) is 65.5 Å². The van der Waals surface area contributed by atoms with Gasteiger partial charge in [-0.3, -0.25) is 4.79 Å². The molecule has 0 spiro atoms. The number of aromatic nitrogens is 1. The zero-order chi connectivity index (χ0) is 16.1. The van der Waals surface area contributed by atoms with Crippen LogP contribution in [0.15, 0.2) is 54.7 Å². The number of aliphatic hydroxyl groups excluding tert-OH is 1. The van der Waals surface area contributed by atoms with Crippen molar-refractivity contribution in [1.82, 2.24) is 10.3 Å². The lowest BCUT2D eigenvalue weighted by Gasteiger charge is -2.33. The molecule has 1 aromatic heterocycles. The normalized spacial score (nSPS) is 16.8. The van der Waals surface area contributed by atoms with Gasteiger partial charge in [-0.2, -0.15) is 0 Å². The van der Waals surface area contributed by atoms with Crippen LogP contribution in [0.2, 0.25) is 0 Å². The summed E-state index contributed by atoms with van der Waals surface area (Å²) in [5.41, 5.74) is 0.621. The van der Waals surface area contributed by atoms with E-state index >= 15 is 0 Å². The Morgan fingerprint density at radius 1 is 1.13 bits per heavy atom. The van der Waals surface area contributed by atoms with Crippen LogP contribution in [0.5, 0.6) is 0 Å². The summed E-state index contributed by atoms with van der Waals surface area (Å²) < 4.78 is 0. The lowest BCUT2D eigenvalue weighted by atomic mass is 10.0. The SMILES string of the molecule is O=C(NC1CCN(c2ccccn2)CC1)C(O)c1ccccc1. The van der Waals surface area contributed by atoms with E-state index in [1.54, 1.807) is 18.3 Å². The van der Waals surface area contributed by atoms with Crippen molar-refractivity contribution in [1.29, 1.82) is 0 Å². The zero-order valence-corrected chi connectivity index (χ0v) is 12.9. The van der Waals surface area contributed by atoms with Crippen LogP contribution in [-0.2, 0) is 4.79 Å². The monoisotopic (exact) mass is 311 g/mol. The van der Waals surface area contributed by atoms with Crippen LogP contribution in [-0.4, -0.2) is 35.1 Å². The number of piperidine rings is 1. The fourth-order valence-corrected chi connectivity index (χ4v) is 2.86. The number of anilines is 1. The zero-order valence-electron chi connectivity index (χ0n) is 12.9. The van der Waals surface area contributed by atoms with Crippen molar-refractivity contribution in [3.63, 3.8) is 0 Å². The van der Waals surface area contributed by atoms with Crippen LogP contribution in [0.1, 0.15) is 24.5 Å². The Morgan fingerprint density at radius 2 is 1.83 bits per heavy atom. The maximum Gasteiger partial charge on any atom is 0.253 e. The highest BCUT2D eigenvalue weighted by Gasteiger charge is 2.24. The molecule has 5 nitrogen and oxygen atoms in total. The molecule has 0 aliphatic carbocycles. The van der Waals surface area contributed by atoms with Crippen LogP contribution in [0.25, 0.3) is 0 Å². The van der Waals surface area contributed by atoms with Crippen molar-refractivity contribution in [2.24, 2.45) is 0 Å². The molecule has 2 N–H and O–H groups in total. The lowest BCUT2D eigenvalue weighted by molar-refractivity contribution is -0.130. The predicted molar refractivity (Wildman–Crippen MR) is 89.0 cm³/mol. The van der Waals surface area contributed by atoms with E-state index in [4.69, 9.17) is 0 Å². The van der Waals surface area contributed by atoms with Gasteiger partial charge in [-0.1, -0.05) is 36.4 Å². The average Bonchev–Trinajstić information content (AvgIpc) is 2.63. The van der Waals surface area contributed by atoms with Crippen molar-refractivity contribution in [2.75, 3.05) is 18.0 Å². The number of amides is 1. The highest BCUT2D eigenvalue weighted by Crippen LogP contribution is 2.18. The highest BCUT2D eigenvalue weighted by molar-refractivity contribution is 5.82. The summed E-state index contributed by atoms with van der Waals surface area (Å²) in [6.45, 7) is 1.70. The van der Waals surface area contributed by atoms with E-state index < -0.39 is 6.10 Å². The molecule has 23 heavy (non-hydrogen) atoms. The second-order valence-corrected chi connectivity index (χ2v) is 5.77. The molecule has 0 bridgehead atoms. The van der Waals surface area contributed by atoms with Gasteiger partial charge in [-0.15, -0.1) is 0 Å². The summed E-state index contributed by atoms with van der Waals surface area (Å²) in [5, 5.41) is 13.1. The van der Waals surface area contributed by atoms with Gasteiger partial charge in [-0.05, 0) is 30.5 Å². The number of carbonyl (C=O) groups excluding carboxylic acids is 1. The quantitative estimate of drug-likeness (QED) is 0.905. The van der Waals surface area contributed by atoms with Gasteiger partial charge in [0, 0.05) is 25.3 Å². The molecule has 1 amide bonds. The number of hydrogen-bond donors (Lipinski definition) is 2. The van der Waals surface area contributed by atoms with Gasteiger partial charge >= 0.3 is 0 Å². The number of nitrogens with zero attached hydrogens (tertiary/aromatic N) is 2. The first kappa shape index (κ1) is 15.5. The van der Waals surface area contributed by atoms with E-state index in [9.17, 15) is 9.90 Å². The van der Waals surface area contributed by atoms with E-state index in [1.807, 2.05) is 36.4 Å². The Balaban J connectivity index is 1.52. The standard InChI is InChI=1S/C18H21N3O2/c22-17(14-6-2-1-3-7-14)18(23)20-15-9-12-21(13-10-15)16-8-4-5-11-19-16/h1-8,11,15,17,22H,9-10,12-13H2,(H,20,23). The molecule has 2 heterocycles. The van der Waals surface area contributed by atoms with Gasteiger partial charge in [0.05, 0.1) is 0 Å². The summed E-state index contributed by atoms with van der Waals surface area (Å²) in [7, 11) is 0. The van der Waals surface area contributed by atoms with Crippen LogP contribution >= 0.6 is 0 Å². The minimum Gasteiger partial charge on any atom is -0.378 e. The molecule has 1 unspecified atom stereocenters. The van der Waals surface area contributed by atoms with Crippen LogP contribution in [0, 0.1) is 0 Å². The van der Waals surface area contributed by atoms with Gasteiger partial charge in [0.15, 0.2) is 6.10 Å². The first-order valence-electron chi connectivity index (χ1n) is 7.93. The first-order chi connectivity index (χ1) is 11.2. The molecule has 1 fully saturated rings. The fraction of sp³-hybridized carbons (Fsp3) is 0.333. The first-order valence-corrected chi connectivity index (χ1v) is 7.93. The molecular formula is C18H21N3O2. The second kappa shape index (κ2) is 7.24. The molecule has 1 aromatic carbocycles. The third-order valence-electron chi connectivity index (χ3n) is 4.18. The van der Waals surface area contributed by atoms with Gasteiger partial charge in [-0.25, -0.2) is 4.98 Å². The van der Waals surface area contributed by atoms with Crippen molar-refractivity contribution in [3.05, 3.63) is 60.3 Å². The minimum absolute atomic E-state index is 0.0980. The van der Waals surface area contributed by atoms with Crippen molar-refractivity contribution >= 4 is 11.7 Å². The van der Waals surface area contributed by atoms with E-state index in [1.165, 1.54) is 0 Å². The fourth-order valence-electron chi connectivity index (χ4n) is 2.86. The number of pyridine rings is 1. The maximum atomic E-state index is 12.2. The Kier molecular flexibility index (Phi) is 4.88. The average molecular weight is 311 g/mol. The Hall–Kier alpha value is -2.40. The number of nitrogens with one attached hydrogen (secondary N) is 1. The number of carbonyl (C=O) groups is 1. The molecule has 0 radical (unpaired) electrons. The molecule has 120 valence electrons. The summed E-state index contributed by atoms with van der Waals surface area (Å²) in [6, 6.07) is 15.0. The third-order valence-corrected chi connectivity index (χ3v) is 4.18. The van der Waals surface area contributed by atoms with Gasteiger partial charge < -0.3 is 15.3 Å². The van der Waals surface area contributed by atoms with Crippen molar-refractivity contribution in [2.45, 2.75) is 25.0 Å². The lowest BCUT2D eigenvalue weighted by Crippen LogP contribution is -2.46. The Bertz CT molecular complexity index is 625. The van der Waals surface area contributed by atoms with E-state index in [0.29, 0.717) is 5.56 Å². The molecule has 3 rings (SSSR count). The van der Waals surface area contributed by atoms with Crippen LogP contribution in [0.3, 0.4) is 0 Å². The number of rotatable bonds is 4. The Labute approximate surface area is 136 Å². The van der Waals surface area contributed by atoms with Crippen LogP contribution < -0.4 is 10.2 Å². The molecule has 2 aromatic rings. The molecule has 5 heteroatoms. The summed E-state index contributed by atoms with van der Waals surface area (Å²) in [6.07, 6.45) is 2.39. The molecule has 1 aliphatic rings. The number of aliphatic hydroxyl groups is 1. The summed E-state index contributed by atoms with van der Waals surface area (Å²) in [5.74, 6) is 0.647. The van der Waals surface area contributed by atoms with Crippen LogP contribution in [0.4, 0.5) is 5.82 Å². The Morgan fingerprint density at radius 3 is 2.48 bits per heavy atom. The third kappa shape index (κ3) is 3.87. The molecule has 1 aliphatic heterocycles. The maximum absolute atomic E-state index is 12.2.